The maximum Gasteiger partial charge on any atom is 0.395 e. The number of alkyl halides is 3. The minimum absolute atomic E-state index is 0.0300. The van der Waals surface area contributed by atoms with Gasteiger partial charge >= 0.3 is 12.1 Å². The molecule has 0 unspecified atom stereocenters. The highest BCUT2D eigenvalue weighted by molar-refractivity contribution is 6.74. The van der Waals surface area contributed by atoms with Crippen LogP contribution in [0, 0.1) is 5.92 Å². The predicted octanol–water partition coefficient (Wildman–Crippen LogP) is 5.17. The van der Waals surface area contributed by atoms with Gasteiger partial charge in [0, 0.05) is 7.11 Å². The normalized spacial score (nSPS) is 25.8. The minimum Gasteiger partial charge on any atom is -0.453 e. The molecule has 1 aromatic rings. The predicted molar refractivity (Wildman–Crippen MR) is 109 cm³/mol. The summed E-state index contributed by atoms with van der Waals surface area (Å²) < 4.78 is 63.7. The van der Waals surface area contributed by atoms with Gasteiger partial charge in [0.05, 0.1) is 24.2 Å². The summed E-state index contributed by atoms with van der Waals surface area (Å²) in [5.41, 5.74) is 0.164. The van der Waals surface area contributed by atoms with Gasteiger partial charge in [-0.2, -0.15) is 13.2 Å². The van der Waals surface area contributed by atoms with Crippen LogP contribution in [-0.2, 0) is 18.6 Å². The molecule has 30 heavy (non-hydrogen) atoms. The van der Waals surface area contributed by atoms with Crippen molar-refractivity contribution in [3.8, 4) is 0 Å². The molecule has 9 heteroatoms. The Hall–Kier alpha value is -1.42. The summed E-state index contributed by atoms with van der Waals surface area (Å²) in [7, 11) is -0.929. The molecule has 0 saturated carbocycles. The summed E-state index contributed by atoms with van der Waals surface area (Å²) in [6, 6.07) is 7.87. The van der Waals surface area contributed by atoms with Crippen LogP contribution in [0.2, 0.25) is 18.1 Å². The highest BCUT2D eigenvalue weighted by atomic mass is 28.4. The quantitative estimate of drug-likeness (QED) is 0.444. The number of esters is 1. The second-order valence-corrected chi connectivity index (χ2v) is 13.9. The van der Waals surface area contributed by atoms with E-state index in [-0.39, 0.29) is 23.6 Å². The summed E-state index contributed by atoms with van der Waals surface area (Å²) in [5.74, 6) is -2.77. The lowest BCUT2D eigenvalue weighted by atomic mass is 9.91. The number of methoxy groups -OCH3 is 1. The van der Waals surface area contributed by atoms with Crippen molar-refractivity contribution >= 4 is 14.3 Å². The van der Waals surface area contributed by atoms with Gasteiger partial charge in [0.25, 0.3) is 0 Å². The third kappa shape index (κ3) is 6.06. The molecule has 1 aromatic carbocycles. The zero-order valence-electron chi connectivity index (χ0n) is 18.3. The molecule has 0 spiro atoms. The lowest BCUT2D eigenvalue weighted by molar-refractivity contribution is -0.300. The second kappa shape index (κ2) is 9.38. The molecule has 1 aliphatic rings. The zero-order valence-corrected chi connectivity index (χ0v) is 19.3. The van der Waals surface area contributed by atoms with Crippen molar-refractivity contribution < 1.29 is 36.6 Å². The summed E-state index contributed by atoms with van der Waals surface area (Å²) >= 11 is 0. The summed E-state index contributed by atoms with van der Waals surface area (Å²) in [6.45, 7) is 10.2. The Morgan fingerprint density at radius 2 is 1.77 bits per heavy atom. The Kier molecular flexibility index (Phi) is 7.77. The third-order valence-corrected chi connectivity index (χ3v) is 10.4. The molecule has 0 N–H and O–H groups in total. The number of carbonyl (C=O) groups is 1. The van der Waals surface area contributed by atoms with Gasteiger partial charge < -0.3 is 18.6 Å². The van der Waals surface area contributed by atoms with Crippen molar-refractivity contribution in [3.63, 3.8) is 0 Å². The summed E-state index contributed by atoms with van der Waals surface area (Å²) in [5, 5.41) is -0.0838. The van der Waals surface area contributed by atoms with E-state index in [0.717, 1.165) is 0 Å². The van der Waals surface area contributed by atoms with E-state index >= 15 is 0 Å². The molecule has 0 amide bonds. The first-order valence-electron chi connectivity index (χ1n) is 9.91. The number of benzene rings is 1. The van der Waals surface area contributed by atoms with Gasteiger partial charge in [0.2, 0.25) is 0 Å². The van der Waals surface area contributed by atoms with E-state index in [4.69, 9.17) is 18.6 Å². The van der Waals surface area contributed by atoms with Crippen molar-refractivity contribution in [1.29, 1.82) is 0 Å². The molecular weight excluding hydrogens is 417 g/mol. The topological polar surface area (TPSA) is 54.0 Å². The maximum absolute atomic E-state index is 13.9. The van der Waals surface area contributed by atoms with Gasteiger partial charge in [-0.25, -0.2) is 4.79 Å². The Labute approximate surface area is 177 Å². The van der Waals surface area contributed by atoms with Crippen LogP contribution >= 0.6 is 0 Å². The van der Waals surface area contributed by atoms with Crippen LogP contribution in [0.4, 0.5) is 13.2 Å². The standard InChI is InChI=1S/C21H31F3O5Si/c1-20(2,3)30(5,6)27-13-15-12-16(21(22,23)24)17(19(26-4)28-15)29-18(25)14-10-8-7-9-11-14/h7-11,15-17,19H,12-13H2,1-6H3/t15-,16-,17+,19-/m0/s1. The van der Waals surface area contributed by atoms with Crippen LogP contribution in [0.25, 0.3) is 0 Å². The average molecular weight is 449 g/mol. The molecule has 2 rings (SSSR count). The van der Waals surface area contributed by atoms with Crippen molar-refractivity contribution in [1.82, 2.24) is 0 Å². The summed E-state index contributed by atoms with van der Waals surface area (Å²) in [6.07, 6.45) is -8.72. The molecular formula is C21H31F3O5Si. The first-order chi connectivity index (χ1) is 13.8. The molecule has 1 heterocycles. The van der Waals surface area contributed by atoms with E-state index in [1.165, 1.54) is 19.2 Å². The first-order valence-corrected chi connectivity index (χ1v) is 12.8. The largest absolute Gasteiger partial charge is 0.453 e. The zero-order chi connectivity index (χ0) is 22.7. The smallest absolute Gasteiger partial charge is 0.395 e. The SMILES string of the molecule is CO[C@H]1O[C@H](CO[Si](C)(C)C(C)(C)C)C[C@H](C(F)(F)F)[C@H]1OC(=O)c1ccccc1. The van der Waals surface area contributed by atoms with Crippen molar-refractivity contribution in [3.05, 3.63) is 35.9 Å². The highest BCUT2D eigenvalue weighted by Gasteiger charge is 2.54. The third-order valence-electron chi connectivity index (χ3n) is 5.85. The van der Waals surface area contributed by atoms with E-state index in [1.807, 2.05) is 13.1 Å². The molecule has 0 radical (unpaired) electrons. The van der Waals surface area contributed by atoms with Crippen LogP contribution in [0.15, 0.2) is 30.3 Å². The molecule has 0 bridgehead atoms. The molecule has 5 nitrogen and oxygen atoms in total. The fourth-order valence-corrected chi connectivity index (χ4v) is 4.00. The number of rotatable bonds is 6. The highest BCUT2D eigenvalue weighted by Crippen LogP contribution is 2.41. The monoisotopic (exact) mass is 448 g/mol. The number of halogens is 3. The van der Waals surface area contributed by atoms with Gasteiger partial charge in [-0.15, -0.1) is 0 Å². The Morgan fingerprint density at radius 1 is 1.17 bits per heavy atom. The number of ether oxygens (including phenoxy) is 3. The Bertz CT molecular complexity index is 703. The van der Waals surface area contributed by atoms with E-state index < -0.39 is 44.9 Å². The van der Waals surface area contributed by atoms with Gasteiger partial charge in [0.15, 0.2) is 20.7 Å². The number of carbonyl (C=O) groups excluding carboxylic acids is 1. The number of hydrogen-bond donors (Lipinski definition) is 0. The van der Waals surface area contributed by atoms with E-state index in [0.29, 0.717) is 0 Å². The fraction of sp³-hybridized carbons (Fsp3) is 0.667. The van der Waals surface area contributed by atoms with Crippen molar-refractivity contribution in [2.45, 2.75) is 70.0 Å². The Balaban J connectivity index is 2.17. The van der Waals surface area contributed by atoms with Gasteiger partial charge in [-0.1, -0.05) is 39.0 Å². The molecule has 1 fully saturated rings. The van der Waals surface area contributed by atoms with E-state index in [9.17, 15) is 18.0 Å². The van der Waals surface area contributed by atoms with Crippen molar-refractivity contribution in [2.24, 2.45) is 5.92 Å². The van der Waals surface area contributed by atoms with Crippen LogP contribution in [0.5, 0.6) is 0 Å². The van der Waals surface area contributed by atoms with Crippen LogP contribution in [-0.4, -0.2) is 52.7 Å². The fourth-order valence-electron chi connectivity index (χ4n) is 2.97. The molecule has 170 valence electrons. The maximum atomic E-state index is 13.9. The molecule has 1 saturated heterocycles. The van der Waals surface area contributed by atoms with E-state index in [1.54, 1.807) is 18.2 Å². The lowest BCUT2D eigenvalue weighted by Crippen LogP contribution is -2.54. The first kappa shape index (κ1) is 24.8. The minimum atomic E-state index is -4.59. The van der Waals surface area contributed by atoms with Gasteiger partial charge in [-0.3, -0.25) is 0 Å². The van der Waals surface area contributed by atoms with E-state index in [2.05, 4.69) is 20.8 Å². The molecule has 1 aliphatic heterocycles. The molecule has 0 aliphatic carbocycles. The lowest BCUT2D eigenvalue weighted by Gasteiger charge is -2.43. The number of hydrogen-bond acceptors (Lipinski definition) is 5. The van der Waals surface area contributed by atoms with Crippen LogP contribution < -0.4 is 0 Å². The molecule has 0 aromatic heterocycles. The summed E-state index contributed by atoms with van der Waals surface area (Å²) in [4.78, 5) is 12.4. The van der Waals surface area contributed by atoms with Crippen LogP contribution in [0.3, 0.4) is 0 Å². The average Bonchev–Trinajstić information content (AvgIpc) is 2.65. The Morgan fingerprint density at radius 3 is 2.27 bits per heavy atom. The second-order valence-electron chi connectivity index (χ2n) is 9.05. The molecule has 4 atom stereocenters. The van der Waals surface area contributed by atoms with Crippen LogP contribution in [0.1, 0.15) is 37.6 Å². The van der Waals surface area contributed by atoms with Gasteiger partial charge in [-0.05, 0) is 36.7 Å². The van der Waals surface area contributed by atoms with Gasteiger partial charge in [0.1, 0.15) is 0 Å². The van der Waals surface area contributed by atoms with Crippen molar-refractivity contribution in [2.75, 3.05) is 13.7 Å².